The summed E-state index contributed by atoms with van der Waals surface area (Å²) in [6, 6.07) is 14.8. The zero-order chi connectivity index (χ0) is 20.4. The number of thioether (sulfide) groups is 1. The monoisotopic (exact) mass is 418 g/mol. The highest BCUT2D eigenvalue weighted by molar-refractivity contribution is 7.98. The van der Waals surface area contributed by atoms with Gasteiger partial charge in [0.1, 0.15) is 0 Å². The molecule has 2 N–H and O–H groups in total. The van der Waals surface area contributed by atoms with Gasteiger partial charge in [0.15, 0.2) is 0 Å². The van der Waals surface area contributed by atoms with Gasteiger partial charge < -0.3 is 5.32 Å². The quantitative estimate of drug-likeness (QED) is 0.458. The van der Waals surface area contributed by atoms with E-state index in [1.807, 2.05) is 0 Å². The average molecular weight is 419 g/mol. The minimum Gasteiger partial charge on any atom is -0.352 e. The number of sulfonamides is 1. The molecule has 5 nitrogen and oxygen atoms in total. The minimum absolute atomic E-state index is 0.166. The van der Waals surface area contributed by atoms with Gasteiger partial charge in [-0.05, 0) is 36.3 Å². The fourth-order valence-electron chi connectivity index (χ4n) is 2.38. The Kier molecular flexibility index (Phi) is 8.76. The summed E-state index contributed by atoms with van der Waals surface area (Å²) in [7, 11) is -3.45. The van der Waals surface area contributed by atoms with E-state index in [1.165, 1.54) is 29.3 Å². The highest BCUT2D eigenvalue weighted by Crippen LogP contribution is 2.13. The van der Waals surface area contributed by atoms with Crippen molar-refractivity contribution in [2.45, 2.75) is 24.5 Å². The van der Waals surface area contributed by atoms with Crippen LogP contribution < -0.4 is 10.0 Å². The number of nitrogens with one attached hydrogen (secondary N) is 2. The van der Waals surface area contributed by atoms with Crippen LogP contribution in [0.2, 0.25) is 0 Å². The fraction of sp³-hybridized carbons (Fsp3) is 0.286. The molecule has 0 aromatic heterocycles. The molecule has 7 heteroatoms. The summed E-state index contributed by atoms with van der Waals surface area (Å²) in [5.74, 6) is 1.60. The molecule has 28 heavy (non-hydrogen) atoms. The number of benzene rings is 2. The lowest BCUT2D eigenvalue weighted by Gasteiger charge is -2.05. The predicted octanol–water partition coefficient (Wildman–Crippen LogP) is 3.36. The van der Waals surface area contributed by atoms with Crippen LogP contribution in [-0.4, -0.2) is 33.2 Å². The molecule has 0 radical (unpaired) electrons. The summed E-state index contributed by atoms with van der Waals surface area (Å²) in [5.41, 5.74) is 3.29. The normalized spacial score (nSPS) is 11.6. The standard InChI is InChI=1S/C21H26N2O3S2/c1-3-23-28(25,26)20-11-8-18(9-12-20)10-13-21(24)22-14-15-27-16-19-6-4-17(2)5-7-19/h4-13,23H,3,14-16H2,1-2H3,(H,22,24)/b13-10+. The fourth-order valence-corrected chi connectivity index (χ4v) is 4.24. The molecular formula is C21H26N2O3S2. The lowest BCUT2D eigenvalue weighted by atomic mass is 10.2. The second kappa shape index (κ2) is 11.0. The van der Waals surface area contributed by atoms with Crippen LogP contribution in [0.4, 0.5) is 0 Å². The van der Waals surface area contributed by atoms with Crippen molar-refractivity contribution in [1.29, 1.82) is 0 Å². The Morgan fingerprint density at radius 2 is 1.75 bits per heavy atom. The summed E-state index contributed by atoms with van der Waals surface area (Å²) in [5, 5.41) is 2.85. The molecule has 0 spiro atoms. The molecule has 0 heterocycles. The Labute approximate surface area is 171 Å². The van der Waals surface area contributed by atoms with Gasteiger partial charge in [-0.1, -0.05) is 48.9 Å². The van der Waals surface area contributed by atoms with Gasteiger partial charge in [0.2, 0.25) is 15.9 Å². The van der Waals surface area contributed by atoms with E-state index in [1.54, 1.807) is 36.9 Å². The van der Waals surface area contributed by atoms with Crippen LogP contribution in [0.1, 0.15) is 23.6 Å². The first kappa shape index (κ1) is 22.2. The summed E-state index contributed by atoms with van der Waals surface area (Å²) in [4.78, 5) is 12.1. The van der Waals surface area contributed by atoms with Crippen LogP contribution in [0.15, 0.2) is 59.5 Å². The maximum Gasteiger partial charge on any atom is 0.244 e. The van der Waals surface area contributed by atoms with E-state index >= 15 is 0 Å². The van der Waals surface area contributed by atoms with Crippen molar-refractivity contribution in [2.24, 2.45) is 0 Å². The number of carbonyl (C=O) groups is 1. The van der Waals surface area contributed by atoms with Crippen LogP contribution in [0, 0.1) is 6.92 Å². The lowest BCUT2D eigenvalue weighted by Crippen LogP contribution is -2.23. The molecule has 150 valence electrons. The van der Waals surface area contributed by atoms with Crippen molar-refractivity contribution in [3.63, 3.8) is 0 Å². The zero-order valence-corrected chi connectivity index (χ0v) is 17.8. The molecular weight excluding hydrogens is 392 g/mol. The van der Waals surface area contributed by atoms with Gasteiger partial charge in [0.25, 0.3) is 0 Å². The van der Waals surface area contributed by atoms with Gasteiger partial charge in [0, 0.05) is 30.7 Å². The van der Waals surface area contributed by atoms with E-state index in [4.69, 9.17) is 0 Å². The van der Waals surface area contributed by atoms with Crippen molar-refractivity contribution < 1.29 is 13.2 Å². The number of hydrogen-bond acceptors (Lipinski definition) is 4. The van der Waals surface area contributed by atoms with E-state index < -0.39 is 10.0 Å². The summed E-state index contributed by atoms with van der Waals surface area (Å²) in [6.45, 7) is 4.74. The molecule has 0 bridgehead atoms. The Hall–Kier alpha value is -2.09. The SMILES string of the molecule is CCNS(=O)(=O)c1ccc(/C=C/C(=O)NCCSCc2ccc(C)cc2)cc1. The Balaban J connectivity index is 1.72. The Morgan fingerprint density at radius 1 is 1.07 bits per heavy atom. The van der Waals surface area contributed by atoms with E-state index in [0.29, 0.717) is 13.1 Å². The van der Waals surface area contributed by atoms with Crippen LogP contribution >= 0.6 is 11.8 Å². The molecule has 0 unspecified atom stereocenters. The van der Waals surface area contributed by atoms with Gasteiger partial charge >= 0.3 is 0 Å². The molecule has 1 amide bonds. The summed E-state index contributed by atoms with van der Waals surface area (Å²) >= 11 is 1.77. The highest BCUT2D eigenvalue weighted by Gasteiger charge is 2.11. The van der Waals surface area contributed by atoms with E-state index in [0.717, 1.165) is 17.1 Å². The largest absolute Gasteiger partial charge is 0.352 e. The van der Waals surface area contributed by atoms with Crippen LogP contribution in [0.3, 0.4) is 0 Å². The van der Waals surface area contributed by atoms with Crippen LogP contribution in [0.25, 0.3) is 6.08 Å². The van der Waals surface area contributed by atoms with Crippen molar-refractivity contribution in [2.75, 3.05) is 18.8 Å². The van der Waals surface area contributed by atoms with Crippen LogP contribution in [0.5, 0.6) is 0 Å². The Morgan fingerprint density at radius 3 is 2.39 bits per heavy atom. The third kappa shape index (κ3) is 7.50. The predicted molar refractivity (Wildman–Crippen MR) is 117 cm³/mol. The smallest absolute Gasteiger partial charge is 0.244 e. The summed E-state index contributed by atoms with van der Waals surface area (Å²) < 4.78 is 26.2. The van der Waals surface area contributed by atoms with E-state index in [-0.39, 0.29) is 10.8 Å². The second-order valence-electron chi connectivity index (χ2n) is 6.23. The maximum absolute atomic E-state index is 11.9. The second-order valence-corrected chi connectivity index (χ2v) is 9.11. The van der Waals surface area contributed by atoms with Crippen molar-refractivity contribution in [1.82, 2.24) is 10.0 Å². The summed E-state index contributed by atoms with van der Waals surface area (Å²) in [6.07, 6.45) is 3.12. The third-order valence-electron chi connectivity index (χ3n) is 3.89. The number of carbonyl (C=O) groups excluding carboxylic acids is 1. The molecule has 0 aliphatic carbocycles. The first-order chi connectivity index (χ1) is 13.4. The molecule has 2 aromatic carbocycles. The van der Waals surface area contributed by atoms with Gasteiger partial charge in [0.05, 0.1) is 4.90 Å². The molecule has 0 fully saturated rings. The number of rotatable bonds is 10. The first-order valence-electron chi connectivity index (χ1n) is 9.09. The van der Waals surface area contributed by atoms with Crippen LogP contribution in [-0.2, 0) is 20.6 Å². The third-order valence-corrected chi connectivity index (χ3v) is 6.48. The molecule has 2 aromatic rings. The molecule has 0 saturated heterocycles. The first-order valence-corrected chi connectivity index (χ1v) is 11.7. The zero-order valence-electron chi connectivity index (χ0n) is 16.1. The topological polar surface area (TPSA) is 75.3 Å². The van der Waals surface area contributed by atoms with E-state index in [9.17, 15) is 13.2 Å². The molecule has 0 aliphatic rings. The van der Waals surface area contributed by atoms with Crippen molar-refractivity contribution >= 4 is 33.8 Å². The minimum atomic E-state index is -3.45. The highest BCUT2D eigenvalue weighted by atomic mass is 32.2. The van der Waals surface area contributed by atoms with E-state index in [2.05, 4.69) is 41.2 Å². The van der Waals surface area contributed by atoms with Gasteiger partial charge in [-0.3, -0.25) is 4.79 Å². The molecule has 0 saturated carbocycles. The van der Waals surface area contributed by atoms with Gasteiger partial charge in [-0.25, -0.2) is 13.1 Å². The molecule has 0 atom stereocenters. The number of amides is 1. The molecule has 2 rings (SSSR count). The van der Waals surface area contributed by atoms with Crippen molar-refractivity contribution in [3.8, 4) is 0 Å². The van der Waals surface area contributed by atoms with Gasteiger partial charge in [-0.2, -0.15) is 11.8 Å². The maximum atomic E-state index is 11.9. The number of aryl methyl sites for hydroxylation is 1. The Bertz CT molecular complexity index is 890. The van der Waals surface area contributed by atoms with Gasteiger partial charge in [-0.15, -0.1) is 0 Å². The lowest BCUT2D eigenvalue weighted by molar-refractivity contribution is -0.116. The van der Waals surface area contributed by atoms with Crippen molar-refractivity contribution in [3.05, 3.63) is 71.3 Å². The number of hydrogen-bond donors (Lipinski definition) is 2. The average Bonchev–Trinajstić information content (AvgIpc) is 2.68. The molecule has 0 aliphatic heterocycles.